The van der Waals surface area contributed by atoms with Crippen molar-refractivity contribution in [3.8, 4) is 6.07 Å². The Morgan fingerprint density at radius 3 is 3.12 bits per heavy atom. The fourth-order valence-corrected chi connectivity index (χ4v) is 1.83. The fourth-order valence-electron chi connectivity index (χ4n) is 1.83. The average Bonchev–Trinajstić information content (AvgIpc) is 2.54. The van der Waals surface area contributed by atoms with Crippen LogP contribution in [-0.4, -0.2) is 35.8 Å². The van der Waals surface area contributed by atoms with E-state index in [1.165, 1.54) is 0 Å². The number of ether oxygens (including phenoxy) is 1. The van der Waals surface area contributed by atoms with Crippen molar-refractivity contribution in [3.63, 3.8) is 0 Å². The normalized spacial score (nSPS) is 21.2. The molecule has 5 heteroatoms. The van der Waals surface area contributed by atoms with Gasteiger partial charge in [0.05, 0.1) is 6.10 Å². The molecule has 1 aliphatic heterocycles. The molecule has 1 saturated heterocycles. The predicted octanol–water partition coefficient (Wildman–Crippen LogP) is 0.963. The fraction of sp³-hybridized carbons (Fsp3) is 0.545. The van der Waals surface area contributed by atoms with E-state index in [9.17, 15) is 0 Å². The second-order valence-electron chi connectivity index (χ2n) is 3.82. The first-order chi connectivity index (χ1) is 7.81. The molecular formula is C11H14N4O. The van der Waals surface area contributed by atoms with Crippen molar-refractivity contribution < 1.29 is 4.74 Å². The summed E-state index contributed by atoms with van der Waals surface area (Å²) in [7, 11) is 0. The molecule has 0 N–H and O–H groups in total. The van der Waals surface area contributed by atoms with E-state index in [0.717, 1.165) is 26.1 Å². The van der Waals surface area contributed by atoms with E-state index in [0.29, 0.717) is 11.5 Å². The van der Waals surface area contributed by atoms with Crippen LogP contribution in [0.5, 0.6) is 0 Å². The van der Waals surface area contributed by atoms with Gasteiger partial charge in [0.2, 0.25) is 0 Å². The lowest BCUT2D eigenvalue weighted by Gasteiger charge is -2.23. The lowest BCUT2D eigenvalue weighted by atomic mass is 10.3. The molecule has 1 aliphatic rings. The first kappa shape index (κ1) is 10.8. The van der Waals surface area contributed by atoms with Gasteiger partial charge >= 0.3 is 0 Å². The van der Waals surface area contributed by atoms with Gasteiger partial charge in [0.25, 0.3) is 0 Å². The highest BCUT2D eigenvalue weighted by molar-refractivity contribution is 5.49. The van der Waals surface area contributed by atoms with Crippen molar-refractivity contribution >= 4 is 5.82 Å². The summed E-state index contributed by atoms with van der Waals surface area (Å²) in [6.45, 7) is 4.41. The third-order valence-electron chi connectivity index (χ3n) is 2.54. The highest BCUT2D eigenvalue weighted by atomic mass is 16.5. The molecule has 0 radical (unpaired) electrons. The number of nitrogens with zero attached hydrogens (tertiary/aromatic N) is 4. The van der Waals surface area contributed by atoms with E-state index >= 15 is 0 Å². The van der Waals surface area contributed by atoms with Crippen LogP contribution in [0.2, 0.25) is 0 Å². The van der Waals surface area contributed by atoms with Crippen LogP contribution in [0, 0.1) is 11.3 Å². The molecule has 0 aromatic carbocycles. The Hall–Kier alpha value is -1.67. The van der Waals surface area contributed by atoms with E-state index < -0.39 is 0 Å². The Morgan fingerprint density at radius 1 is 1.50 bits per heavy atom. The van der Waals surface area contributed by atoms with Gasteiger partial charge in [0.1, 0.15) is 6.07 Å². The molecule has 2 heterocycles. The molecule has 0 aliphatic carbocycles. The van der Waals surface area contributed by atoms with Gasteiger partial charge in [-0.3, -0.25) is 0 Å². The monoisotopic (exact) mass is 218 g/mol. The number of hydrogen-bond acceptors (Lipinski definition) is 5. The van der Waals surface area contributed by atoms with E-state index in [-0.39, 0.29) is 6.10 Å². The molecule has 5 nitrogen and oxygen atoms in total. The Bertz CT molecular complexity index is 401. The average molecular weight is 218 g/mol. The first-order valence-corrected chi connectivity index (χ1v) is 5.39. The number of rotatable bonds is 1. The van der Waals surface area contributed by atoms with Crippen molar-refractivity contribution in [2.75, 3.05) is 24.6 Å². The summed E-state index contributed by atoms with van der Waals surface area (Å²) in [5.41, 5.74) is 0.386. The summed E-state index contributed by atoms with van der Waals surface area (Å²) < 4.78 is 5.56. The molecule has 1 aromatic rings. The van der Waals surface area contributed by atoms with Gasteiger partial charge in [-0.2, -0.15) is 5.26 Å². The summed E-state index contributed by atoms with van der Waals surface area (Å²) in [4.78, 5) is 10.3. The standard InChI is InChI=1S/C11H14N4O/c1-9-8-15(5-2-6-16-9)11-10(7-12)13-3-4-14-11/h3-4,9H,2,5-6,8H2,1H3. The van der Waals surface area contributed by atoms with Crippen LogP contribution in [0.25, 0.3) is 0 Å². The zero-order valence-electron chi connectivity index (χ0n) is 9.26. The SMILES string of the molecule is CC1CN(c2nccnc2C#N)CCCO1. The molecule has 16 heavy (non-hydrogen) atoms. The number of aromatic nitrogens is 2. The van der Waals surface area contributed by atoms with Crippen LogP contribution in [-0.2, 0) is 4.74 Å². The minimum Gasteiger partial charge on any atom is -0.377 e. The summed E-state index contributed by atoms with van der Waals surface area (Å²) in [6, 6.07) is 2.07. The lowest BCUT2D eigenvalue weighted by Crippen LogP contribution is -2.31. The molecule has 1 unspecified atom stereocenters. The van der Waals surface area contributed by atoms with Gasteiger partial charge in [0, 0.05) is 32.1 Å². The predicted molar refractivity (Wildman–Crippen MR) is 59.0 cm³/mol. The maximum Gasteiger partial charge on any atom is 0.183 e. The Morgan fingerprint density at radius 2 is 2.31 bits per heavy atom. The van der Waals surface area contributed by atoms with Crippen molar-refractivity contribution in [1.29, 1.82) is 5.26 Å². The van der Waals surface area contributed by atoms with Crippen molar-refractivity contribution in [1.82, 2.24) is 9.97 Å². The minimum absolute atomic E-state index is 0.163. The topological polar surface area (TPSA) is 62.0 Å². The summed E-state index contributed by atoms with van der Waals surface area (Å²) in [5.74, 6) is 0.669. The van der Waals surface area contributed by atoms with E-state index in [1.807, 2.05) is 6.92 Å². The maximum absolute atomic E-state index is 8.97. The zero-order chi connectivity index (χ0) is 11.4. The van der Waals surface area contributed by atoms with Gasteiger partial charge in [0.15, 0.2) is 11.5 Å². The van der Waals surface area contributed by atoms with Gasteiger partial charge in [-0.05, 0) is 13.3 Å². The summed E-state index contributed by atoms with van der Waals surface area (Å²) >= 11 is 0. The zero-order valence-corrected chi connectivity index (χ0v) is 9.26. The van der Waals surface area contributed by atoms with Crippen LogP contribution in [0.4, 0.5) is 5.82 Å². The Labute approximate surface area is 94.7 Å². The van der Waals surface area contributed by atoms with E-state index in [4.69, 9.17) is 10.00 Å². The molecule has 0 amide bonds. The molecular weight excluding hydrogens is 204 g/mol. The molecule has 0 bridgehead atoms. The number of anilines is 1. The molecule has 84 valence electrons. The first-order valence-electron chi connectivity index (χ1n) is 5.39. The Balaban J connectivity index is 2.25. The van der Waals surface area contributed by atoms with Crippen molar-refractivity contribution in [2.45, 2.75) is 19.4 Å². The molecule has 0 spiro atoms. The van der Waals surface area contributed by atoms with Gasteiger partial charge in [-0.1, -0.05) is 0 Å². The summed E-state index contributed by atoms with van der Waals surface area (Å²) in [5, 5.41) is 8.97. The van der Waals surface area contributed by atoms with Gasteiger partial charge < -0.3 is 9.64 Å². The molecule has 1 fully saturated rings. The van der Waals surface area contributed by atoms with Crippen molar-refractivity contribution in [3.05, 3.63) is 18.1 Å². The highest BCUT2D eigenvalue weighted by Crippen LogP contribution is 2.17. The second kappa shape index (κ2) is 4.90. The quantitative estimate of drug-likeness (QED) is 0.702. The van der Waals surface area contributed by atoms with Crippen LogP contribution >= 0.6 is 0 Å². The summed E-state index contributed by atoms with van der Waals surface area (Å²) in [6.07, 6.45) is 4.27. The van der Waals surface area contributed by atoms with Gasteiger partial charge in [-0.15, -0.1) is 0 Å². The van der Waals surface area contributed by atoms with Crippen LogP contribution in [0.15, 0.2) is 12.4 Å². The molecule has 1 atom stereocenters. The van der Waals surface area contributed by atoms with Crippen LogP contribution in [0.1, 0.15) is 19.0 Å². The molecule has 2 rings (SSSR count). The van der Waals surface area contributed by atoms with Gasteiger partial charge in [-0.25, -0.2) is 9.97 Å². The lowest BCUT2D eigenvalue weighted by molar-refractivity contribution is 0.0820. The second-order valence-corrected chi connectivity index (χ2v) is 3.82. The maximum atomic E-state index is 8.97. The highest BCUT2D eigenvalue weighted by Gasteiger charge is 2.19. The van der Waals surface area contributed by atoms with E-state index in [2.05, 4.69) is 20.9 Å². The minimum atomic E-state index is 0.163. The molecule has 0 saturated carbocycles. The van der Waals surface area contributed by atoms with Crippen molar-refractivity contribution in [2.24, 2.45) is 0 Å². The van der Waals surface area contributed by atoms with E-state index in [1.54, 1.807) is 12.4 Å². The van der Waals surface area contributed by atoms with Crippen LogP contribution < -0.4 is 4.90 Å². The van der Waals surface area contributed by atoms with Crippen LogP contribution in [0.3, 0.4) is 0 Å². The smallest absolute Gasteiger partial charge is 0.183 e. The largest absolute Gasteiger partial charge is 0.377 e. The molecule has 1 aromatic heterocycles. The Kier molecular flexibility index (Phi) is 3.32. The third kappa shape index (κ3) is 2.28. The number of nitriles is 1. The number of hydrogen-bond donors (Lipinski definition) is 0. The third-order valence-corrected chi connectivity index (χ3v) is 2.54.